The number of sulfone groups is 1. The highest BCUT2D eigenvalue weighted by molar-refractivity contribution is 9.10. The van der Waals surface area contributed by atoms with Gasteiger partial charge in [-0.25, -0.2) is 13.4 Å². The second kappa shape index (κ2) is 8.37. The van der Waals surface area contributed by atoms with Crippen molar-refractivity contribution in [3.63, 3.8) is 0 Å². The minimum atomic E-state index is -4.87. The second-order valence-corrected chi connectivity index (χ2v) is 8.81. The Bertz CT molecular complexity index is 1250. The van der Waals surface area contributed by atoms with Gasteiger partial charge in [-0.05, 0) is 30.3 Å². The molecule has 0 aliphatic carbocycles. The van der Waals surface area contributed by atoms with Crippen LogP contribution in [-0.4, -0.2) is 29.6 Å². The third kappa shape index (κ3) is 4.51. The van der Waals surface area contributed by atoms with Crippen molar-refractivity contribution < 1.29 is 22.0 Å². The molecular formula is C18H14BrF2N3O4S. The van der Waals surface area contributed by atoms with Crippen LogP contribution in [0.5, 0.6) is 0 Å². The van der Waals surface area contributed by atoms with E-state index < -0.39 is 26.4 Å². The Balaban J connectivity index is 1.78. The summed E-state index contributed by atoms with van der Waals surface area (Å²) in [5.41, 5.74) is -0.0828. The lowest BCUT2D eigenvalue weighted by molar-refractivity contribution is -0.116. The summed E-state index contributed by atoms with van der Waals surface area (Å²) in [6.45, 7) is -0.0239. The van der Waals surface area contributed by atoms with Crippen LogP contribution in [0.1, 0.15) is 6.42 Å². The molecule has 0 unspecified atom stereocenters. The van der Waals surface area contributed by atoms with Gasteiger partial charge < -0.3 is 5.32 Å². The number of alkyl halides is 2. The van der Waals surface area contributed by atoms with E-state index in [-0.39, 0.29) is 24.2 Å². The van der Waals surface area contributed by atoms with E-state index in [4.69, 9.17) is 0 Å². The molecule has 29 heavy (non-hydrogen) atoms. The minimum Gasteiger partial charge on any atom is -0.325 e. The van der Waals surface area contributed by atoms with Crippen LogP contribution in [0.2, 0.25) is 0 Å². The number of para-hydroxylation sites is 1. The van der Waals surface area contributed by atoms with E-state index in [0.717, 1.165) is 6.07 Å². The van der Waals surface area contributed by atoms with Crippen LogP contribution in [-0.2, 0) is 21.2 Å². The summed E-state index contributed by atoms with van der Waals surface area (Å²) in [7, 11) is -4.87. The zero-order valence-corrected chi connectivity index (χ0v) is 17.1. The number of amides is 1. The predicted octanol–water partition coefficient (Wildman–Crippen LogP) is 3.18. The zero-order chi connectivity index (χ0) is 21.2. The van der Waals surface area contributed by atoms with Gasteiger partial charge in [-0.15, -0.1) is 0 Å². The number of halogens is 3. The molecule has 0 bridgehead atoms. The maximum atomic E-state index is 12.8. The van der Waals surface area contributed by atoms with Crippen molar-refractivity contribution in [2.24, 2.45) is 0 Å². The predicted molar refractivity (Wildman–Crippen MR) is 107 cm³/mol. The first-order valence-electron chi connectivity index (χ1n) is 8.26. The van der Waals surface area contributed by atoms with Crippen LogP contribution < -0.4 is 10.9 Å². The number of rotatable bonds is 6. The quantitative estimate of drug-likeness (QED) is 0.577. The molecule has 0 aliphatic heterocycles. The van der Waals surface area contributed by atoms with Crippen molar-refractivity contribution >= 4 is 48.3 Å². The Hall–Kier alpha value is -2.66. The molecule has 0 spiro atoms. The summed E-state index contributed by atoms with van der Waals surface area (Å²) in [6.07, 6.45) is 1.12. The molecule has 0 fully saturated rings. The number of nitrogens with zero attached hydrogens (tertiary/aromatic N) is 2. The minimum absolute atomic E-state index is 0.0239. The van der Waals surface area contributed by atoms with Gasteiger partial charge in [0.25, 0.3) is 5.56 Å². The third-order valence-electron chi connectivity index (χ3n) is 4.07. The van der Waals surface area contributed by atoms with Gasteiger partial charge in [-0.2, -0.15) is 8.78 Å². The summed E-state index contributed by atoms with van der Waals surface area (Å²) < 4.78 is 51.1. The summed E-state index contributed by atoms with van der Waals surface area (Å²) in [5.74, 6) is -4.25. The highest BCUT2D eigenvalue weighted by Gasteiger charge is 2.29. The molecule has 2 aromatic carbocycles. The molecule has 0 aliphatic rings. The summed E-state index contributed by atoms with van der Waals surface area (Å²) in [5, 5.41) is 2.68. The van der Waals surface area contributed by atoms with Crippen molar-refractivity contribution in [3.8, 4) is 0 Å². The van der Waals surface area contributed by atoms with Crippen molar-refractivity contribution in [2.75, 3.05) is 5.32 Å². The van der Waals surface area contributed by atoms with E-state index in [9.17, 15) is 26.8 Å². The van der Waals surface area contributed by atoms with E-state index in [0.29, 0.717) is 15.4 Å². The van der Waals surface area contributed by atoms with Crippen LogP contribution in [0.25, 0.3) is 10.9 Å². The zero-order valence-electron chi connectivity index (χ0n) is 14.7. The maximum absolute atomic E-state index is 12.8. The van der Waals surface area contributed by atoms with Crippen LogP contribution in [0, 0.1) is 0 Å². The van der Waals surface area contributed by atoms with Gasteiger partial charge in [0.2, 0.25) is 15.7 Å². The topological polar surface area (TPSA) is 98.1 Å². The number of aryl methyl sites for hydroxylation is 1. The average Bonchev–Trinajstić information content (AvgIpc) is 2.68. The van der Waals surface area contributed by atoms with E-state index >= 15 is 0 Å². The van der Waals surface area contributed by atoms with Gasteiger partial charge in [0.1, 0.15) is 0 Å². The fourth-order valence-electron chi connectivity index (χ4n) is 2.64. The lowest BCUT2D eigenvalue weighted by Crippen LogP contribution is -2.24. The number of benzene rings is 2. The van der Waals surface area contributed by atoms with E-state index in [1.54, 1.807) is 18.2 Å². The Morgan fingerprint density at radius 1 is 1.21 bits per heavy atom. The molecule has 152 valence electrons. The van der Waals surface area contributed by atoms with Crippen LogP contribution in [0.3, 0.4) is 0 Å². The van der Waals surface area contributed by atoms with E-state index in [1.807, 2.05) is 0 Å². The third-order valence-corrected chi connectivity index (χ3v) is 6.00. The van der Waals surface area contributed by atoms with Crippen molar-refractivity contribution in [2.45, 2.75) is 23.6 Å². The molecule has 1 amide bonds. The molecule has 11 heteroatoms. The Kier molecular flexibility index (Phi) is 6.08. The molecule has 0 radical (unpaired) electrons. The van der Waals surface area contributed by atoms with Crippen LogP contribution in [0.4, 0.5) is 14.5 Å². The molecule has 1 aromatic heterocycles. The van der Waals surface area contributed by atoms with Crippen molar-refractivity contribution in [3.05, 3.63) is 63.6 Å². The summed E-state index contributed by atoms with van der Waals surface area (Å²) >= 11 is 3.28. The summed E-state index contributed by atoms with van der Waals surface area (Å²) in [6, 6.07) is 9.95. The smallest absolute Gasteiger partial charge is 0.325 e. The van der Waals surface area contributed by atoms with Gasteiger partial charge in [0, 0.05) is 17.4 Å². The van der Waals surface area contributed by atoms with E-state index in [2.05, 4.69) is 26.2 Å². The largest absolute Gasteiger partial charge is 0.341 e. The highest BCUT2D eigenvalue weighted by Crippen LogP contribution is 2.26. The Morgan fingerprint density at radius 2 is 1.93 bits per heavy atom. The number of anilines is 1. The Morgan fingerprint density at radius 3 is 2.66 bits per heavy atom. The number of carbonyl (C=O) groups excluding carboxylic acids is 1. The normalized spacial score (nSPS) is 11.7. The number of aromatic nitrogens is 2. The Labute approximate surface area is 172 Å². The molecular weight excluding hydrogens is 472 g/mol. The first-order chi connectivity index (χ1) is 13.7. The van der Waals surface area contributed by atoms with E-state index in [1.165, 1.54) is 29.1 Å². The number of hydrogen-bond acceptors (Lipinski definition) is 5. The standard InChI is InChI=1S/C18H14BrF2N3O4S/c19-11-5-6-13-12(9-11)17(26)24(10-22-13)8-7-16(25)23-14-3-1-2-4-15(14)29(27,28)18(20)21/h1-6,9-10,18H,7-8H2,(H,23,25). The SMILES string of the molecule is O=C(CCn1cnc2ccc(Br)cc2c1=O)Nc1ccccc1S(=O)(=O)C(F)F. The van der Waals surface area contributed by atoms with Gasteiger partial charge >= 0.3 is 5.76 Å². The fourth-order valence-corrected chi connectivity index (χ4v) is 3.89. The second-order valence-electron chi connectivity index (χ2n) is 6.00. The van der Waals surface area contributed by atoms with Gasteiger partial charge in [-0.3, -0.25) is 14.2 Å². The van der Waals surface area contributed by atoms with Gasteiger partial charge in [0.15, 0.2) is 0 Å². The van der Waals surface area contributed by atoms with Crippen molar-refractivity contribution in [1.29, 1.82) is 0 Å². The number of fused-ring (bicyclic) bond motifs is 1. The van der Waals surface area contributed by atoms with Crippen LogP contribution in [0.15, 0.2) is 63.0 Å². The van der Waals surface area contributed by atoms with Crippen LogP contribution >= 0.6 is 15.9 Å². The molecule has 3 aromatic rings. The molecule has 1 heterocycles. The highest BCUT2D eigenvalue weighted by atomic mass is 79.9. The first-order valence-corrected chi connectivity index (χ1v) is 10.6. The molecule has 0 saturated heterocycles. The van der Waals surface area contributed by atoms with Crippen molar-refractivity contribution in [1.82, 2.24) is 9.55 Å². The maximum Gasteiger partial charge on any atom is 0.341 e. The molecule has 0 atom stereocenters. The first kappa shape index (κ1) is 21.1. The average molecular weight is 486 g/mol. The number of nitrogens with one attached hydrogen (secondary N) is 1. The number of hydrogen-bond donors (Lipinski definition) is 1. The molecule has 7 nitrogen and oxygen atoms in total. The van der Waals surface area contributed by atoms with Gasteiger partial charge in [0.05, 0.1) is 27.8 Å². The molecule has 1 N–H and O–H groups in total. The lowest BCUT2D eigenvalue weighted by Gasteiger charge is -2.12. The van der Waals surface area contributed by atoms with Gasteiger partial charge in [-0.1, -0.05) is 28.1 Å². The lowest BCUT2D eigenvalue weighted by atomic mass is 10.2. The molecule has 0 saturated carbocycles. The monoisotopic (exact) mass is 485 g/mol. The number of carbonyl (C=O) groups is 1. The fraction of sp³-hybridized carbons (Fsp3) is 0.167. The molecule has 3 rings (SSSR count). The summed E-state index contributed by atoms with van der Waals surface area (Å²) in [4.78, 5) is 28.2.